The third-order valence-corrected chi connectivity index (χ3v) is 4.16. The molecule has 1 saturated heterocycles. The molecule has 0 spiro atoms. The van der Waals surface area contributed by atoms with E-state index in [-0.39, 0.29) is 10.3 Å². The Bertz CT molecular complexity index is 495. The predicted octanol–water partition coefficient (Wildman–Crippen LogP) is 3.32. The van der Waals surface area contributed by atoms with E-state index in [1.54, 1.807) is 12.1 Å². The molecule has 0 aromatic heterocycles. The zero-order valence-electron chi connectivity index (χ0n) is 10.8. The van der Waals surface area contributed by atoms with Gasteiger partial charge in [-0.25, -0.2) is 4.39 Å². The van der Waals surface area contributed by atoms with Crippen molar-refractivity contribution in [3.8, 4) is 6.07 Å². The molecular formula is C14H16BrFN2O. The summed E-state index contributed by atoms with van der Waals surface area (Å²) >= 11 is 3.14. The molecule has 0 bridgehead atoms. The number of rotatable bonds is 3. The SMILES string of the molecule is CN(CC1CCCOC1)c1ccc(C#N)c(Br)c1F. The van der Waals surface area contributed by atoms with Gasteiger partial charge in [0.2, 0.25) is 0 Å². The maximum absolute atomic E-state index is 14.2. The van der Waals surface area contributed by atoms with Gasteiger partial charge in [0, 0.05) is 20.2 Å². The lowest BCUT2D eigenvalue weighted by atomic mass is 10.0. The molecule has 1 fully saturated rings. The van der Waals surface area contributed by atoms with Crippen LogP contribution in [0.15, 0.2) is 16.6 Å². The Morgan fingerprint density at radius 3 is 3.00 bits per heavy atom. The molecule has 0 aliphatic carbocycles. The Kier molecular flexibility index (Phi) is 4.78. The Labute approximate surface area is 121 Å². The molecular weight excluding hydrogens is 311 g/mol. The van der Waals surface area contributed by atoms with Crippen molar-refractivity contribution in [2.24, 2.45) is 5.92 Å². The first-order valence-electron chi connectivity index (χ1n) is 6.30. The highest BCUT2D eigenvalue weighted by atomic mass is 79.9. The van der Waals surface area contributed by atoms with Gasteiger partial charge < -0.3 is 9.64 Å². The standard InChI is InChI=1S/C14H16BrFN2O/c1-18(8-10-3-2-6-19-9-10)12-5-4-11(7-17)13(15)14(12)16/h4-5,10H,2-3,6,8-9H2,1H3. The number of nitriles is 1. The van der Waals surface area contributed by atoms with Crippen molar-refractivity contribution in [2.75, 3.05) is 31.7 Å². The number of halogens is 2. The smallest absolute Gasteiger partial charge is 0.161 e. The second-order valence-corrected chi connectivity index (χ2v) is 5.63. The first-order chi connectivity index (χ1) is 9.13. The minimum atomic E-state index is -0.377. The number of hydrogen-bond acceptors (Lipinski definition) is 3. The predicted molar refractivity (Wildman–Crippen MR) is 75.6 cm³/mol. The van der Waals surface area contributed by atoms with Gasteiger partial charge in [-0.05, 0) is 46.8 Å². The highest BCUT2D eigenvalue weighted by molar-refractivity contribution is 9.10. The molecule has 1 heterocycles. The van der Waals surface area contributed by atoms with Gasteiger partial charge in [0.05, 0.1) is 22.3 Å². The first kappa shape index (κ1) is 14.3. The molecule has 5 heteroatoms. The van der Waals surface area contributed by atoms with Crippen LogP contribution in [0.3, 0.4) is 0 Å². The average molecular weight is 327 g/mol. The third kappa shape index (κ3) is 3.26. The summed E-state index contributed by atoms with van der Waals surface area (Å²) in [5.74, 6) is 0.0610. The Balaban J connectivity index is 2.12. The summed E-state index contributed by atoms with van der Waals surface area (Å²) in [6, 6.07) is 5.25. The van der Waals surface area contributed by atoms with E-state index in [0.29, 0.717) is 17.2 Å². The largest absolute Gasteiger partial charge is 0.381 e. The minimum absolute atomic E-state index is 0.235. The lowest BCUT2D eigenvalue weighted by molar-refractivity contribution is 0.0576. The van der Waals surface area contributed by atoms with E-state index in [2.05, 4.69) is 15.9 Å². The van der Waals surface area contributed by atoms with Crippen LogP contribution in [0.5, 0.6) is 0 Å². The van der Waals surface area contributed by atoms with Crippen molar-refractivity contribution in [3.05, 3.63) is 28.0 Å². The van der Waals surface area contributed by atoms with Crippen molar-refractivity contribution >= 4 is 21.6 Å². The van der Waals surface area contributed by atoms with Crippen LogP contribution in [-0.2, 0) is 4.74 Å². The molecule has 1 aliphatic heterocycles. The van der Waals surface area contributed by atoms with Crippen LogP contribution in [0.25, 0.3) is 0 Å². The fraction of sp³-hybridized carbons (Fsp3) is 0.500. The summed E-state index contributed by atoms with van der Waals surface area (Å²) in [6.45, 7) is 2.33. The lowest BCUT2D eigenvalue weighted by Crippen LogP contribution is -2.31. The molecule has 0 saturated carbocycles. The molecule has 102 valence electrons. The normalized spacial score (nSPS) is 18.9. The van der Waals surface area contributed by atoms with Crippen LogP contribution in [0.2, 0.25) is 0 Å². The molecule has 0 radical (unpaired) electrons. The average Bonchev–Trinajstić information content (AvgIpc) is 2.42. The van der Waals surface area contributed by atoms with Crippen molar-refractivity contribution in [3.63, 3.8) is 0 Å². The Hall–Kier alpha value is -1.12. The second kappa shape index (κ2) is 6.36. The van der Waals surface area contributed by atoms with Crippen LogP contribution in [0.4, 0.5) is 10.1 Å². The van der Waals surface area contributed by atoms with Crippen LogP contribution >= 0.6 is 15.9 Å². The van der Waals surface area contributed by atoms with E-state index in [4.69, 9.17) is 10.00 Å². The van der Waals surface area contributed by atoms with Gasteiger partial charge in [-0.3, -0.25) is 0 Å². The van der Waals surface area contributed by atoms with Gasteiger partial charge in [-0.2, -0.15) is 5.26 Å². The van der Waals surface area contributed by atoms with E-state index in [1.807, 2.05) is 18.0 Å². The Morgan fingerprint density at radius 1 is 1.58 bits per heavy atom. The first-order valence-corrected chi connectivity index (χ1v) is 7.09. The molecule has 2 rings (SSSR count). The maximum Gasteiger partial charge on any atom is 0.161 e. The minimum Gasteiger partial charge on any atom is -0.381 e. The van der Waals surface area contributed by atoms with Gasteiger partial charge >= 0.3 is 0 Å². The molecule has 0 N–H and O–H groups in total. The maximum atomic E-state index is 14.2. The van der Waals surface area contributed by atoms with Gasteiger partial charge in [0.1, 0.15) is 6.07 Å². The molecule has 1 aliphatic rings. The fourth-order valence-corrected chi connectivity index (χ4v) is 2.78. The quantitative estimate of drug-likeness (QED) is 0.854. The van der Waals surface area contributed by atoms with Crippen molar-refractivity contribution < 1.29 is 9.13 Å². The summed E-state index contributed by atoms with van der Waals surface area (Å²) in [5, 5.41) is 8.86. The molecule has 1 aromatic carbocycles. The second-order valence-electron chi connectivity index (χ2n) is 4.84. The van der Waals surface area contributed by atoms with E-state index in [0.717, 1.165) is 32.6 Å². The summed E-state index contributed by atoms with van der Waals surface area (Å²) in [5.41, 5.74) is 0.826. The van der Waals surface area contributed by atoms with Crippen molar-refractivity contribution in [2.45, 2.75) is 12.8 Å². The summed E-state index contributed by atoms with van der Waals surface area (Å²) in [7, 11) is 1.87. The van der Waals surface area contributed by atoms with Gasteiger partial charge in [-0.1, -0.05) is 0 Å². The fourth-order valence-electron chi connectivity index (χ4n) is 2.36. The van der Waals surface area contributed by atoms with Crippen molar-refractivity contribution in [1.82, 2.24) is 0 Å². The zero-order valence-corrected chi connectivity index (χ0v) is 12.4. The van der Waals surface area contributed by atoms with E-state index < -0.39 is 0 Å². The van der Waals surface area contributed by atoms with Gasteiger partial charge in [0.25, 0.3) is 0 Å². The van der Waals surface area contributed by atoms with E-state index >= 15 is 0 Å². The number of anilines is 1. The van der Waals surface area contributed by atoms with Crippen molar-refractivity contribution in [1.29, 1.82) is 5.26 Å². The molecule has 19 heavy (non-hydrogen) atoms. The number of hydrogen-bond donors (Lipinski definition) is 0. The van der Waals surface area contributed by atoms with Crippen LogP contribution < -0.4 is 4.90 Å². The van der Waals surface area contributed by atoms with Gasteiger partial charge in [0.15, 0.2) is 5.82 Å². The molecule has 1 unspecified atom stereocenters. The van der Waals surface area contributed by atoms with Crippen LogP contribution in [0, 0.1) is 23.1 Å². The summed E-state index contributed by atoms with van der Waals surface area (Å²) in [4.78, 5) is 1.89. The lowest BCUT2D eigenvalue weighted by Gasteiger charge is -2.28. The Morgan fingerprint density at radius 2 is 2.37 bits per heavy atom. The van der Waals surface area contributed by atoms with E-state index in [9.17, 15) is 4.39 Å². The molecule has 1 aromatic rings. The number of benzene rings is 1. The van der Waals surface area contributed by atoms with Gasteiger partial charge in [-0.15, -0.1) is 0 Å². The third-order valence-electron chi connectivity index (χ3n) is 3.38. The van der Waals surface area contributed by atoms with E-state index in [1.165, 1.54) is 0 Å². The van der Waals surface area contributed by atoms with Crippen LogP contribution in [0.1, 0.15) is 18.4 Å². The highest BCUT2D eigenvalue weighted by Gasteiger charge is 2.19. The molecule has 3 nitrogen and oxygen atoms in total. The summed E-state index contributed by atoms with van der Waals surface area (Å²) in [6.07, 6.45) is 2.18. The highest BCUT2D eigenvalue weighted by Crippen LogP contribution is 2.29. The number of ether oxygens (including phenoxy) is 1. The summed E-state index contributed by atoms with van der Waals surface area (Å²) < 4.78 is 19.9. The van der Waals surface area contributed by atoms with Crippen LogP contribution in [-0.4, -0.2) is 26.8 Å². The number of nitrogens with zero attached hydrogens (tertiary/aromatic N) is 2. The molecule has 1 atom stereocenters. The molecule has 0 amide bonds. The zero-order chi connectivity index (χ0) is 13.8. The monoisotopic (exact) mass is 326 g/mol. The topological polar surface area (TPSA) is 36.3 Å².